The first-order valence-corrected chi connectivity index (χ1v) is 7.69. The molecular formula is C17H13F3N4O3. The minimum atomic E-state index is -4.44. The summed E-state index contributed by atoms with van der Waals surface area (Å²) in [6.45, 7) is 1.36. The molecule has 0 saturated heterocycles. The van der Waals surface area contributed by atoms with Crippen molar-refractivity contribution in [3.8, 4) is 11.3 Å². The molecule has 0 fully saturated rings. The number of nitrogens with one attached hydrogen (secondary N) is 1. The maximum absolute atomic E-state index is 12.6. The van der Waals surface area contributed by atoms with Crippen LogP contribution in [0.2, 0.25) is 0 Å². The van der Waals surface area contributed by atoms with Crippen molar-refractivity contribution < 1.29 is 22.5 Å². The van der Waals surface area contributed by atoms with Crippen molar-refractivity contribution in [3.63, 3.8) is 0 Å². The molecular weight excluding hydrogens is 365 g/mol. The molecule has 10 heteroatoms. The minimum absolute atomic E-state index is 0.206. The highest BCUT2D eigenvalue weighted by Crippen LogP contribution is 2.30. The second kappa shape index (κ2) is 7.06. The maximum Gasteiger partial charge on any atom is 0.416 e. The number of nitrogens with zero attached hydrogens (tertiary/aromatic N) is 3. The highest BCUT2D eigenvalue weighted by Gasteiger charge is 2.30. The van der Waals surface area contributed by atoms with Gasteiger partial charge in [0.05, 0.1) is 17.6 Å². The molecule has 3 rings (SSSR count). The van der Waals surface area contributed by atoms with Gasteiger partial charge in [-0.25, -0.2) is 4.98 Å². The average molecular weight is 378 g/mol. The van der Waals surface area contributed by atoms with E-state index in [9.17, 15) is 22.8 Å². The van der Waals surface area contributed by atoms with Crippen LogP contribution in [-0.4, -0.2) is 20.6 Å². The van der Waals surface area contributed by atoms with Crippen molar-refractivity contribution in [1.82, 2.24) is 14.7 Å². The smallest absolute Gasteiger partial charge is 0.360 e. The quantitative estimate of drug-likeness (QED) is 0.754. The molecule has 3 aromatic rings. The number of amides is 1. The Morgan fingerprint density at radius 3 is 2.48 bits per heavy atom. The van der Waals surface area contributed by atoms with Gasteiger partial charge in [0.1, 0.15) is 12.3 Å². The summed E-state index contributed by atoms with van der Waals surface area (Å²) in [5, 5.41) is 6.08. The van der Waals surface area contributed by atoms with E-state index in [0.717, 1.165) is 29.1 Å². The zero-order chi connectivity index (χ0) is 19.6. The fourth-order valence-electron chi connectivity index (χ4n) is 2.29. The summed E-state index contributed by atoms with van der Waals surface area (Å²) in [6, 6.07) is 6.96. The molecule has 0 unspecified atom stereocenters. The van der Waals surface area contributed by atoms with Gasteiger partial charge in [-0.05, 0) is 19.1 Å². The van der Waals surface area contributed by atoms with E-state index in [1.807, 2.05) is 0 Å². The van der Waals surface area contributed by atoms with E-state index in [1.54, 1.807) is 6.92 Å². The van der Waals surface area contributed by atoms with E-state index in [1.165, 1.54) is 18.2 Å². The highest BCUT2D eigenvalue weighted by molar-refractivity contribution is 5.89. The first-order chi connectivity index (χ1) is 12.7. The van der Waals surface area contributed by atoms with Crippen molar-refractivity contribution >= 4 is 11.7 Å². The lowest BCUT2D eigenvalue weighted by molar-refractivity contribution is -0.137. The van der Waals surface area contributed by atoms with Gasteiger partial charge < -0.3 is 9.84 Å². The number of carbonyl (C=O) groups excluding carboxylic acids is 1. The average Bonchev–Trinajstić information content (AvgIpc) is 3.01. The Hall–Kier alpha value is -3.43. The predicted molar refractivity (Wildman–Crippen MR) is 88.8 cm³/mol. The van der Waals surface area contributed by atoms with Crippen LogP contribution < -0.4 is 10.9 Å². The lowest BCUT2D eigenvalue weighted by Crippen LogP contribution is -2.27. The van der Waals surface area contributed by atoms with Gasteiger partial charge >= 0.3 is 6.18 Å². The van der Waals surface area contributed by atoms with E-state index in [2.05, 4.69) is 15.5 Å². The molecule has 0 radical (unpaired) electrons. The van der Waals surface area contributed by atoms with E-state index >= 15 is 0 Å². The maximum atomic E-state index is 12.6. The van der Waals surface area contributed by atoms with E-state index in [4.69, 9.17) is 4.52 Å². The number of benzene rings is 1. The SMILES string of the molecule is Cc1cc(NC(=O)Cn2cnc(-c3ccc(C(F)(F)F)cc3)cc2=O)no1. The van der Waals surface area contributed by atoms with Crippen LogP contribution in [0.25, 0.3) is 11.3 Å². The summed E-state index contributed by atoms with van der Waals surface area (Å²) in [4.78, 5) is 28.1. The van der Waals surface area contributed by atoms with Crippen LogP contribution in [0.5, 0.6) is 0 Å². The third-order valence-corrected chi connectivity index (χ3v) is 3.60. The summed E-state index contributed by atoms with van der Waals surface area (Å²) in [6.07, 6.45) is -3.28. The highest BCUT2D eigenvalue weighted by atomic mass is 19.4. The van der Waals surface area contributed by atoms with E-state index < -0.39 is 23.2 Å². The van der Waals surface area contributed by atoms with E-state index in [-0.39, 0.29) is 18.1 Å². The van der Waals surface area contributed by atoms with Crippen LogP contribution in [0, 0.1) is 6.92 Å². The summed E-state index contributed by atoms with van der Waals surface area (Å²) in [5.41, 5.74) is -0.752. The van der Waals surface area contributed by atoms with Gasteiger partial charge in [0, 0.05) is 17.7 Å². The standard InChI is InChI=1S/C17H13F3N4O3/c1-10-6-14(23-27-10)22-15(25)8-24-9-21-13(7-16(24)26)11-2-4-12(5-3-11)17(18,19)20/h2-7,9H,8H2,1H3,(H,22,23,25). The zero-order valence-electron chi connectivity index (χ0n) is 13.9. The summed E-state index contributed by atoms with van der Waals surface area (Å²) < 4.78 is 43.7. The molecule has 0 spiro atoms. The Kier molecular flexibility index (Phi) is 4.80. The number of hydrogen-bond donors (Lipinski definition) is 1. The Bertz CT molecular complexity index is 1020. The number of rotatable bonds is 4. The lowest BCUT2D eigenvalue weighted by Gasteiger charge is -2.08. The van der Waals surface area contributed by atoms with E-state index in [0.29, 0.717) is 11.3 Å². The summed E-state index contributed by atoms with van der Waals surface area (Å²) >= 11 is 0. The van der Waals surface area contributed by atoms with Gasteiger partial charge in [-0.2, -0.15) is 13.2 Å². The number of hydrogen-bond acceptors (Lipinski definition) is 5. The number of carbonyl (C=O) groups is 1. The van der Waals surface area contributed by atoms with Crippen LogP contribution in [-0.2, 0) is 17.5 Å². The topological polar surface area (TPSA) is 90.0 Å². The van der Waals surface area contributed by atoms with Gasteiger partial charge in [-0.3, -0.25) is 14.2 Å². The third-order valence-electron chi connectivity index (χ3n) is 3.60. The Morgan fingerprint density at radius 1 is 1.22 bits per heavy atom. The molecule has 1 amide bonds. The number of aryl methyl sites for hydroxylation is 1. The molecule has 2 aromatic heterocycles. The molecule has 0 saturated carbocycles. The van der Waals surface area contributed by atoms with Crippen LogP contribution in [0.3, 0.4) is 0 Å². The fraction of sp³-hybridized carbons (Fsp3) is 0.176. The molecule has 7 nitrogen and oxygen atoms in total. The Labute approximate surface area is 150 Å². The van der Waals surface area contributed by atoms with Crippen molar-refractivity contribution in [2.75, 3.05) is 5.32 Å². The molecule has 2 heterocycles. The largest absolute Gasteiger partial charge is 0.416 e. The normalized spacial score (nSPS) is 11.4. The first-order valence-electron chi connectivity index (χ1n) is 7.69. The first kappa shape index (κ1) is 18.4. The van der Waals surface area contributed by atoms with Crippen molar-refractivity contribution in [3.05, 3.63) is 64.4 Å². The molecule has 27 heavy (non-hydrogen) atoms. The number of anilines is 1. The zero-order valence-corrected chi connectivity index (χ0v) is 13.9. The Morgan fingerprint density at radius 2 is 1.93 bits per heavy atom. The second-order valence-corrected chi connectivity index (χ2v) is 5.69. The van der Waals surface area contributed by atoms with Crippen LogP contribution >= 0.6 is 0 Å². The van der Waals surface area contributed by atoms with Gasteiger partial charge in [-0.15, -0.1) is 0 Å². The molecule has 0 atom stereocenters. The minimum Gasteiger partial charge on any atom is -0.360 e. The van der Waals surface area contributed by atoms with Gasteiger partial charge in [0.15, 0.2) is 5.82 Å². The molecule has 0 bridgehead atoms. The lowest BCUT2D eigenvalue weighted by atomic mass is 10.1. The van der Waals surface area contributed by atoms with Crippen molar-refractivity contribution in [2.24, 2.45) is 0 Å². The van der Waals surface area contributed by atoms with Crippen molar-refractivity contribution in [2.45, 2.75) is 19.6 Å². The summed E-state index contributed by atoms with van der Waals surface area (Å²) in [7, 11) is 0. The second-order valence-electron chi connectivity index (χ2n) is 5.69. The van der Waals surface area contributed by atoms with Gasteiger partial charge in [-0.1, -0.05) is 17.3 Å². The molecule has 1 aromatic carbocycles. The van der Waals surface area contributed by atoms with Crippen molar-refractivity contribution in [1.29, 1.82) is 0 Å². The third kappa shape index (κ3) is 4.40. The Balaban J connectivity index is 1.73. The number of alkyl halides is 3. The van der Waals surface area contributed by atoms with Gasteiger partial charge in [0.25, 0.3) is 5.56 Å². The molecule has 1 N–H and O–H groups in total. The number of halogens is 3. The van der Waals surface area contributed by atoms with Gasteiger partial charge in [0.2, 0.25) is 5.91 Å². The van der Waals surface area contributed by atoms with Crippen LogP contribution in [0.15, 0.2) is 52.0 Å². The molecule has 0 aliphatic rings. The number of aromatic nitrogens is 3. The summed E-state index contributed by atoms with van der Waals surface area (Å²) in [5.74, 6) is 0.236. The monoisotopic (exact) mass is 378 g/mol. The molecule has 140 valence electrons. The fourth-order valence-corrected chi connectivity index (χ4v) is 2.29. The van der Waals surface area contributed by atoms with Crippen LogP contribution in [0.1, 0.15) is 11.3 Å². The molecule has 0 aliphatic carbocycles. The van der Waals surface area contributed by atoms with Crippen LogP contribution in [0.4, 0.5) is 19.0 Å². The predicted octanol–water partition coefficient (Wildman–Crippen LogP) is 2.86. The molecule has 0 aliphatic heterocycles.